The molecule has 0 spiro atoms. The van der Waals surface area contributed by atoms with Gasteiger partial charge in [0.25, 0.3) is 0 Å². The van der Waals surface area contributed by atoms with E-state index in [0.717, 1.165) is 42.9 Å². The van der Waals surface area contributed by atoms with E-state index < -0.39 is 0 Å². The smallest absolute Gasteiger partial charge is 0.191 e. The molecule has 1 fully saturated rings. The summed E-state index contributed by atoms with van der Waals surface area (Å²) in [4.78, 5) is 8.79. The molecule has 162 valence electrons. The Kier molecular flexibility index (Phi) is 7.47. The van der Waals surface area contributed by atoms with E-state index in [9.17, 15) is 0 Å². The molecule has 6 nitrogen and oxygen atoms in total. The summed E-state index contributed by atoms with van der Waals surface area (Å²) in [6.07, 6.45) is 4.12. The fourth-order valence-corrected chi connectivity index (χ4v) is 3.78. The number of aromatic nitrogens is 1. The highest BCUT2D eigenvalue weighted by atomic mass is 16.5. The van der Waals surface area contributed by atoms with E-state index in [0.29, 0.717) is 25.8 Å². The molecule has 0 saturated carbocycles. The Hall–Kier alpha value is -2.96. The van der Waals surface area contributed by atoms with Crippen LogP contribution in [-0.2, 0) is 29.2 Å². The van der Waals surface area contributed by atoms with Gasteiger partial charge in [-0.3, -0.25) is 9.98 Å². The van der Waals surface area contributed by atoms with Crippen molar-refractivity contribution in [3.8, 4) is 0 Å². The van der Waals surface area contributed by atoms with Crippen LogP contribution in [0.25, 0.3) is 10.9 Å². The number of nitrogens with one attached hydrogen (secondary N) is 2. The third-order valence-corrected chi connectivity index (χ3v) is 5.51. The quantitative estimate of drug-likeness (QED) is 0.451. The maximum atomic E-state index is 6.05. The van der Waals surface area contributed by atoms with Crippen molar-refractivity contribution in [3.05, 3.63) is 77.5 Å². The summed E-state index contributed by atoms with van der Waals surface area (Å²) in [5.74, 6) is 0.768. The minimum atomic E-state index is 0.308. The van der Waals surface area contributed by atoms with E-state index in [4.69, 9.17) is 9.47 Å². The molecule has 2 aromatic carbocycles. The summed E-state index contributed by atoms with van der Waals surface area (Å²) < 4.78 is 11.4. The van der Waals surface area contributed by atoms with Crippen molar-refractivity contribution in [2.45, 2.75) is 38.6 Å². The van der Waals surface area contributed by atoms with Crippen molar-refractivity contribution in [2.24, 2.45) is 4.99 Å². The molecule has 0 aliphatic carbocycles. The van der Waals surface area contributed by atoms with Gasteiger partial charge in [0.2, 0.25) is 0 Å². The second-order valence-electron chi connectivity index (χ2n) is 7.71. The number of pyridine rings is 1. The fraction of sp³-hybridized carbons (Fsp3) is 0.360. The lowest BCUT2D eigenvalue weighted by atomic mass is 10.1. The lowest BCUT2D eigenvalue weighted by molar-refractivity contribution is -0.0390. The van der Waals surface area contributed by atoms with E-state index in [-0.39, 0.29) is 0 Å². The minimum absolute atomic E-state index is 0.308. The van der Waals surface area contributed by atoms with Gasteiger partial charge in [0.1, 0.15) is 0 Å². The van der Waals surface area contributed by atoms with E-state index in [1.807, 2.05) is 30.5 Å². The summed E-state index contributed by atoms with van der Waals surface area (Å²) in [7, 11) is 1.79. The molecule has 1 saturated heterocycles. The van der Waals surface area contributed by atoms with Crippen LogP contribution >= 0.6 is 0 Å². The zero-order chi connectivity index (χ0) is 21.3. The molecular weight excluding hydrogens is 388 g/mol. The van der Waals surface area contributed by atoms with Crippen molar-refractivity contribution in [1.29, 1.82) is 0 Å². The van der Waals surface area contributed by atoms with Crippen molar-refractivity contribution in [1.82, 2.24) is 15.6 Å². The van der Waals surface area contributed by atoms with E-state index >= 15 is 0 Å². The summed E-state index contributed by atoms with van der Waals surface area (Å²) >= 11 is 0. The molecular formula is C25H30N4O2. The van der Waals surface area contributed by atoms with Gasteiger partial charge in [-0.05, 0) is 41.7 Å². The number of hydrogen-bond acceptors (Lipinski definition) is 4. The maximum absolute atomic E-state index is 6.05. The number of nitrogens with zero attached hydrogens (tertiary/aromatic N) is 2. The number of fused-ring (bicyclic) bond motifs is 1. The predicted octanol–water partition coefficient (Wildman–Crippen LogP) is 3.80. The van der Waals surface area contributed by atoms with E-state index in [1.165, 1.54) is 16.7 Å². The molecule has 1 aliphatic rings. The van der Waals surface area contributed by atoms with Crippen LogP contribution in [0, 0.1) is 0 Å². The molecule has 1 aliphatic heterocycles. The number of guanidine groups is 1. The second kappa shape index (κ2) is 10.9. The molecule has 1 aromatic heterocycles. The first-order valence-corrected chi connectivity index (χ1v) is 10.9. The van der Waals surface area contributed by atoms with Crippen LogP contribution in [-0.4, -0.2) is 37.3 Å². The number of para-hydroxylation sites is 1. The Morgan fingerprint density at radius 2 is 1.84 bits per heavy atom. The average Bonchev–Trinajstić information content (AvgIpc) is 2.84. The third-order valence-electron chi connectivity index (χ3n) is 5.51. The lowest BCUT2D eigenvalue weighted by Crippen LogP contribution is -2.36. The van der Waals surface area contributed by atoms with Gasteiger partial charge in [0, 0.05) is 44.9 Å². The van der Waals surface area contributed by atoms with E-state index in [2.05, 4.69) is 50.9 Å². The number of rotatable bonds is 7. The molecule has 31 heavy (non-hydrogen) atoms. The van der Waals surface area contributed by atoms with Crippen LogP contribution < -0.4 is 10.6 Å². The fourth-order valence-electron chi connectivity index (χ4n) is 3.78. The third kappa shape index (κ3) is 6.03. The van der Waals surface area contributed by atoms with Gasteiger partial charge >= 0.3 is 0 Å². The monoisotopic (exact) mass is 418 g/mol. The van der Waals surface area contributed by atoms with Gasteiger partial charge in [-0.25, -0.2) is 0 Å². The van der Waals surface area contributed by atoms with Gasteiger partial charge in [0.15, 0.2) is 5.96 Å². The molecule has 4 rings (SSSR count). The Labute approximate surface area is 183 Å². The van der Waals surface area contributed by atoms with Gasteiger partial charge < -0.3 is 20.1 Å². The second-order valence-corrected chi connectivity index (χ2v) is 7.71. The van der Waals surface area contributed by atoms with Crippen LogP contribution in [0.2, 0.25) is 0 Å². The summed E-state index contributed by atoms with van der Waals surface area (Å²) in [6, 6.07) is 18.7. The number of ether oxygens (including phenoxy) is 2. The van der Waals surface area contributed by atoms with Gasteiger partial charge in [0.05, 0.1) is 18.2 Å². The summed E-state index contributed by atoms with van der Waals surface area (Å²) in [5, 5.41) is 7.97. The maximum Gasteiger partial charge on any atom is 0.191 e. The Balaban J connectivity index is 1.29. The van der Waals surface area contributed by atoms with Crippen LogP contribution in [0.5, 0.6) is 0 Å². The molecule has 0 unspecified atom stereocenters. The molecule has 6 heteroatoms. The number of hydrogen-bond donors (Lipinski definition) is 2. The van der Waals surface area contributed by atoms with Gasteiger partial charge in [-0.15, -0.1) is 0 Å². The molecule has 3 aromatic rings. The lowest BCUT2D eigenvalue weighted by Gasteiger charge is -2.22. The van der Waals surface area contributed by atoms with Crippen molar-refractivity contribution >= 4 is 16.9 Å². The highest BCUT2D eigenvalue weighted by Gasteiger charge is 2.14. The minimum Gasteiger partial charge on any atom is -0.381 e. The van der Waals surface area contributed by atoms with Gasteiger partial charge in [-0.2, -0.15) is 0 Å². The zero-order valence-corrected chi connectivity index (χ0v) is 18.0. The van der Waals surface area contributed by atoms with Crippen LogP contribution in [0.3, 0.4) is 0 Å². The number of benzene rings is 2. The molecule has 0 radical (unpaired) electrons. The molecule has 2 N–H and O–H groups in total. The van der Waals surface area contributed by atoms with Crippen LogP contribution in [0.1, 0.15) is 29.5 Å². The molecule has 0 amide bonds. The predicted molar refractivity (Wildman–Crippen MR) is 124 cm³/mol. The highest BCUT2D eigenvalue weighted by Crippen LogP contribution is 2.16. The van der Waals surface area contributed by atoms with Crippen LogP contribution in [0.4, 0.5) is 0 Å². The SMILES string of the molecule is CN=C(NCc1cccc(COC2CCOCC2)c1)NCc1ccnc2ccccc12. The first-order valence-electron chi connectivity index (χ1n) is 10.9. The zero-order valence-electron chi connectivity index (χ0n) is 18.0. The molecule has 2 heterocycles. The number of aliphatic imine (C=N–C) groups is 1. The Morgan fingerprint density at radius 3 is 2.71 bits per heavy atom. The average molecular weight is 419 g/mol. The van der Waals surface area contributed by atoms with Crippen LogP contribution in [0.15, 0.2) is 65.8 Å². The van der Waals surface area contributed by atoms with E-state index in [1.54, 1.807) is 7.05 Å². The van der Waals surface area contributed by atoms with Crippen molar-refractivity contribution in [2.75, 3.05) is 20.3 Å². The largest absolute Gasteiger partial charge is 0.381 e. The first kappa shape index (κ1) is 21.3. The summed E-state index contributed by atoms with van der Waals surface area (Å²) in [5.41, 5.74) is 4.59. The van der Waals surface area contributed by atoms with Crippen molar-refractivity contribution < 1.29 is 9.47 Å². The topological polar surface area (TPSA) is 67.8 Å². The highest BCUT2D eigenvalue weighted by molar-refractivity contribution is 5.83. The Morgan fingerprint density at radius 1 is 1.03 bits per heavy atom. The van der Waals surface area contributed by atoms with Gasteiger partial charge in [-0.1, -0.05) is 42.5 Å². The van der Waals surface area contributed by atoms with Crippen molar-refractivity contribution in [3.63, 3.8) is 0 Å². The summed E-state index contributed by atoms with van der Waals surface area (Å²) in [6.45, 7) is 3.62. The normalized spacial score (nSPS) is 15.2. The molecule has 0 atom stereocenters. The first-order chi connectivity index (χ1) is 15.3. The molecule has 0 bridgehead atoms. The Bertz CT molecular complexity index is 1010. The standard InChI is InChI=1S/C25H30N4O2/c1-26-25(29-17-21-9-12-27-24-8-3-2-7-23(21)24)28-16-19-5-4-6-20(15-19)18-31-22-10-13-30-14-11-22/h2-9,12,15,22H,10-11,13-14,16-18H2,1H3,(H2,26,28,29).